The summed E-state index contributed by atoms with van der Waals surface area (Å²) in [5.74, 6) is 0.566. The van der Waals surface area contributed by atoms with Gasteiger partial charge in [-0.1, -0.05) is 54.6 Å². The molecule has 0 unspecified atom stereocenters. The summed E-state index contributed by atoms with van der Waals surface area (Å²) in [4.78, 5) is 0. The minimum absolute atomic E-state index is 0.566. The average molecular weight is 388 g/mol. The Labute approximate surface area is 170 Å². The van der Waals surface area contributed by atoms with Crippen LogP contribution < -0.4 is 5.32 Å². The second-order valence-electron chi connectivity index (χ2n) is 6.80. The third-order valence-corrected chi connectivity index (χ3v) is 5.86. The maximum atomic E-state index is 11.7. The SMILES string of the molecule is C/C(=C\C1=[N+](c2ccccc2)[C@@](O)(c2ccccc2)CS1)Nc1ccccc1. The summed E-state index contributed by atoms with van der Waals surface area (Å²) < 4.78 is 2.03. The summed E-state index contributed by atoms with van der Waals surface area (Å²) in [6, 6.07) is 30.1. The Bertz CT molecular complexity index is 1000. The van der Waals surface area contributed by atoms with Gasteiger partial charge in [0.05, 0.1) is 5.56 Å². The number of para-hydroxylation sites is 2. The summed E-state index contributed by atoms with van der Waals surface area (Å²) >= 11 is 1.66. The first-order valence-corrected chi connectivity index (χ1v) is 10.3. The van der Waals surface area contributed by atoms with Gasteiger partial charge < -0.3 is 10.4 Å². The van der Waals surface area contributed by atoms with E-state index in [0.29, 0.717) is 5.75 Å². The van der Waals surface area contributed by atoms with Crippen molar-refractivity contribution < 1.29 is 9.68 Å². The monoisotopic (exact) mass is 387 g/mol. The maximum Gasteiger partial charge on any atom is 0.307 e. The number of nitrogens with one attached hydrogen (secondary N) is 1. The van der Waals surface area contributed by atoms with Crippen LogP contribution in [0, 0.1) is 0 Å². The number of benzene rings is 3. The third-order valence-electron chi connectivity index (χ3n) is 4.72. The van der Waals surface area contributed by atoms with Crippen LogP contribution >= 0.6 is 11.8 Å². The molecule has 1 aliphatic heterocycles. The van der Waals surface area contributed by atoms with E-state index < -0.39 is 5.72 Å². The predicted octanol–water partition coefficient (Wildman–Crippen LogP) is 5.34. The zero-order chi connectivity index (χ0) is 19.4. The molecule has 1 aliphatic rings. The number of thioether (sulfide) groups is 1. The molecule has 1 atom stereocenters. The van der Waals surface area contributed by atoms with Gasteiger partial charge in [0.15, 0.2) is 0 Å². The van der Waals surface area contributed by atoms with E-state index in [9.17, 15) is 5.11 Å². The molecule has 2 N–H and O–H groups in total. The zero-order valence-electron chi connectivity index (χ0n) is 15.7. The first-order valence-electron chi connectivity index (χ1n) is 9.30. The standard InChI is InChI=1S/C24H22N2OS/c1-19(25-21-13-7-3-8-14-21)17-23-26(22-15-9-4-10-16-22)24(27,18-28-23)20-11-5-2-6-12-20/h2-17,27H,18H2,1H3/p+1/t24-/m0/s1. The zero-order valence-corrected chi connectivity index (χ0v) is 16.6. The molecule has 140 valence electrons. The molecule has 0 bridgehead atoms. The highest BCUT2D eigenvalue weighted by Crippen LogP contribution is 2.39. The molecule has 3 aromatic rings. The molecule has 0 saturated heterocycles. The molecular formula is C24H23N2OS+. The van der Waals surface area contributed by atoms with Crippen LogP contribution in [0.2, 0.25) is 0 Å². The Morgan fingerprint density at radius 2 is 1.50 bits per heavy atom. The fraction of sp³-hybridized carbons (Fsp3) is 0.125. The Morgan fingerprint density at radius 1 is 0.929 bits per heavy atom. The molecule has 1 heterocycles. The smallest absolute Gasteiger partial charge is 0.307 e. The van der Waals surface area contributed by atoms with Crippen molar-refractivity contribution in [3.05, 3.63) is 108 Å². The lowest BCUT2D eigenvalue weighted by Gasteiger charge is -2.20. The maximum absolute atomic E-state index is 11.7. The van der Waals surface area contributed by atoms with Crippen LogP contribution in [0.25, 0.3) is 0 Å². The minimum Gasteiger partial charge on any atom is -0.359 e. The fourth-order valence-corrected chi connectivity index (χ4v) is 4.69. The van der Waals surface area contributed by atoms with Crippen molar-refractivity contribution in [2.45, 2.75) is 12.6 Å². The van der Waals surface area contributed by atoms with Crippen molar-refractivity contribution in [1.29, 1.82) is 0 Å². The minimum atomic E-state index is -1.09. The summed E-state index contributed by atoms with van der Waals surface area (Å²) in [6.45, 7) is 2.05. The van der Waals surface area contributed by atoms with Gasteiger partial charge in [-0.2, -0.15) is 4.58 Å². The number of hydrogen-bond acceptors (Lipinski definition) is 3. The van der Waals surface area contributed by atoms with Gasteiger partial charge in [-0.15, -0.1) is 0 Å². The van der Waals surface area contributed by atoms with E-state index in [4.69, 9.17) is 0 Å². The molecule has 0 aliphatic carbocycles. The highest BCUT2D eigenvalue weighted by atomic mass is 32.2. The lowest BCUT2D eigenvalue weighted by Crippen LogP contribution is -2.36. The van der Waals surface area contributed by atoms with Crippen LogP contribution in [0.5, 0.6) is 0 Å². The van der Waals surface area contributed by atoms with E-state index in [0.717, 1.165) is 27.7 Å². The molecule has 4 rings (SSSR count). The van der Waals surface area contributed by atoms with Gasteiger partial charge in [-0.3, -0.25) is 0 Å². The van der Waals surface area contributed by atoms with Gasteiger partial charge in [-0.05, 0) is 43.0 Å². The van der Waals surface area contributed by atoms with Crippen LogP contribution in [0.4, 0.5) is 11.4 Å². The second kappa shape index (κ2) is 8.05. The Morgan fingerprint density at radius 3 is 2.14 bits per heavy atom. The Balaban J connectivity index is 1.78. The molecule has 0 saturated carbocycles. The van der Waals surface area contributed by atoms with E-state index in [-0.39, 0.29) is 0 Å². The van der Waals surface area contributed by atoms with Crippen LogP contribution in [-0.4, -0.2) is 20.5 Å². The summed E-state index contributed by atoms with van der Waals surface area (Å²) in [5.41, 5.74) is 2.84. The van der Waals surface area contributed by atoms with E-state index in [1.54, 1.807) is 11.8 Å². The van der Waals surface area contributed by atoms with Gasteiger partial charge in [0.1, 0.15) is 5.75 Å². The Hall–Kier alpha value is -2.82. The van der Waals surface area contributed by atoms with Gasteiger partial charge in [0, 0.05) is 29.6 Å². The predicted molar refractivity (Wildman–Crippen MR) is 118 cm³/mol. The van der Waals surface area contributed by atoms with Crippen molar-refractivity contribution >= 4 is 28.2 Å². The molecule has 4 heteroatoms. The molecule has 3 nitrogen and oxygen atoms in total. The number of nitrogens with zero attached hydrogens (tertiary/aromatic N) is 1. The van der Waals surface area contributed by atoms with E-state index in [1.807, 2.05) is 102 Å². The topological polar surface area (TPSA) is 35.3 Å². The lowest BCUT2D eigenvalue weighted by molar-refractivity contribution is -0.592. The quantitative estimate of drug-likeness (QED) is 0.580. The highest BCUT2D eigenvalue weighted by molar-refractivity contribution is 8.14. The average Bonchev–Trinajstić information content (AvgIpc) is 3.07. The van der Waals surface area contributed by atoms with Crippen molar-refractivity contribution in [3.8, 4) is 0 Å². The molecule has 28 heavy (non-hydrogen) atoms. The first kappa shape index (κ1) is 18.5. The number of rotatable bonds is 5. The molecule has 0 spiro atoms. The number of allylic oxidation sites excluding steroid dienone is 1. The molecular weight excluding hydrogens is 364 g/mol. The van der Waals surface area contributed by atoms with Gasteiger partial charge in [0.2, 0.25) is 10.7 Å². The van der Waals surface area contributed by atoms with Crippen LogP contribution in [-0.2, 0) is 5.72 Å². The van der Waals surface area contributed by atoms with Crippen LogP contribution in [0.3, 0.4) is 0 Å². The normalized spacial score (nSPS) is 19.7. The van der Waals surface area contributed by atoms with Crippen molar-refractivity contribution in [3.63, 3.8) is 0 Å². The van der Waals surface area contributed by atoms with Crippen LogP contribution in [0.15, 0.2) is 103 Å². The van der Waals surface area contributed by atoms with Crippen LogP contribution in [0.1, 0.15) is 12.5 Å². The molecule has 0 amide bonds. The van der Waals surface area contributed by atoms with Crippen molar-refractivity contribution in [1.82, 2.24) is 0 Å². The molecule has 0 radical (unpaired) electrons. The fourth-order valence-electron chi connectivity index (χ4n) is 3.40. The van der Waals surface area contributed by atoms with Gasteiger partial charge in [-0.25, -0.2) is 0 Å². The number of aliphatic hydroxyl groups is 1. The summed E-state index contributed by atoms with van der Waals surface area (Å²) in [5, 5.41) is 16.1. The van der Waals surface area contributed by atoms with Crippen molar-refractivity contribution in [2.24, 2.45) is 0 Å². The molecule has 0 aromatic heterocycles. The van der Waals surface area contributed by atoms with E-state index >= 15 is 0 Å². The lowest BCUT2D eigenvalue weighted by atomic mass is 10.0. The van der Waals surface area contributed by atoms with Gasteiger partial charge in [0.25, 0.3) is 0 Å². The molecule has 0 fully saturated rings. The molecule has 3 aromatic carbocycles. The summed E-state index contributed by atoms with van der Waals surface area (Å²) in [6.07, 6.45) is 2.10. The second-order valence-corrected chi connectivity index (χ2v) is 7.79. The number of anilines is 1. The van der Waals surface area contributed by atoms with Crippen molar-refractivity contribution in [2.75, 3.05) is 11.1 Å². The number of hydrogen-bond donors (Lipinski definition) is 2. The Kier molecular flexibility index (Phi) is 5.33. The first-order chi connectivity index (χ1) is 13.7. The van der Waals surface area contributed by atoms with Gasteiger partial charge >= 0.3 is 5.72 Å². The largest absolute Gasteiger partial charge is 0.359 e. The van der Waals surface area contributed by atoms with E-state index in [1.165, 1.54) is 0 Å². The van der Waals surface area contributed by atoms with E-state index in [2.05, 4.69) is 11.4 Å². The third kappa shape index (κ3) is 3.75. The summed E-state index contributed by atoms with van der Waals surface area (Å²) in [7, 11) is 0. The highest BCUT2D eigenvalue weighted by Gasteiger charge is 2.50.